The van der Waals surface area contributed by atoms with Gasteiger partial charge in [-0.1, -0.05) is 20.8 Å². The molecule has 1 aliphatic rings. The molecule has 0 bridgehead atoms. The zero-order chi connectivity index (χ0) is 29.9. The Morgan fingerprint density at radius 1 is 1.21 bits per heavy atom. The Bertz CT molecular complexity index is 1660. The third kappa shape index (κ3) is 6.46. The van der Waals surface area contributed by atoms with Crippen LogP contribution in [0.15, 0.2) is 28.5 Å². The Kier molecular flexibility index (Phi) is 8.29. The van der Waals surface area contributed by atoms with E-state index >= 15 is 0 Å². The van der Waals surface area contributed by atoms with Gasteiger partial charge in [0.2, 0.25) is 0 Å². The second-order valence-corrected chi connectivity index (χ2v) is 11.6. The third-order valence-corrected chi connectivity index (χ3v) is 7.46. The van der Waals surface area contributed by atoms with Crippen LogP contribution in [0.2, 0.25) is 0 Å². The molecule has 3 N–H and O–H groups in total. The van der Waals surface area contributed by atoms with Gasteiger partial charge in [0.05, 0.1) is 11.3 Å². The number of amides is 2. The summed E-state index contributed by atoms with van der Waals surface area (Å²) in [5.41, 5.74) is 1.41. The number of aromatic nitrogens is 7. The Labute approximate surface area is 245 Å². The Morgan fingerprint density at radius 2 is 2.00 bits per heavy atom. The lowest BCUT2D eigenvalue weighted by atomic mass is 9.93. The molecule has 1 saturated heterocycles. The summed E-state index contributed by atoms with van der Waals surface area (Å²) in [5.74, 6) is 0.402. The number of anilines is 2. The summed E-state index contributed by atoms with van der Waals surface area (Å²) in [4.78, 5) is 50.0. The molecular weight excluding hydrogens is 560 g/mol. The first-order valence-corrected chi connectivity index (χ1v) is 14.4. The summed E-state index contributed by atoms with van der Waals surface area (Å²) in [6.07, 6.45) is 5.16. The average Bonchev–Trinajstić information content (AvgIpc) is 3.65. The highest BCUT2D eigenvalue weighted by Gasteiger charge is 2.26. The van der Waals surface area contributed by atoms with Gasteiger partial charge in [0, 0.05) is 55.0 Å². The van der Waals surface area contributed by atoms with E-state index in [9.17, 15) is 14.4 Å². The fourth-order valence-electron chi connectivity index (χ4n) is 4.43. The van der Waals surface area contributed by atoms with Crippen molar-refractivity contribution >= 4 is 52.1 Å². The lowest BCUT2D eigenvalue weighted by Crippen LogP contribution is -2.41. The van der Waals surface area contributed by atoms with Crippen LogP contribution in [0, 0.1) is 0 Å². The van der Waals surface area contributed by atoms with Crippen LogP contribution in [-0.2, 0) is 10.2 Å². The molecule has 0 unspecified atom stereocenters. The van der Waals surface area contributed by atoms with Crippen LogP contribution in [0.3, 0.4) is 0 Å². The van der Waals surface area contributed by atoms with Crippen molar-refractivity contribution in [3.8, 4) is 0 Å². The van der Waals surface area contributed by atoms with Gasteiger partial charge in [-0.2, -0.15) is 5.21 Å². The van der Waals surface area contributed by atoms with E-state index in [2.05, 4.69) is 57.0 Å². The molecule has 0 spiro atoms. The smallest absolute Gasteiger partial charge is 0.407 e. The highest BCUT2D eigenvalue weighted by atomic mass is 32.1. The van der Waals surface area contributed by atoms with E-state index in [1.54, 1.807) is 24.3 Å². The van der Waals surface area contributed by atoms with E-state index in [1.807, 2.05) is 17.2 Å². The topological polar surface area (TPSA) is 172 Å². The molecule has 0 aromatic carbocycles. The van der Waals surface area contributed by atoms with Gasteiger partial charge in [-0.15, -0.1) is 21.5 Å². The third-order valence-electron chi connectivity index (χ3n) is 6.70. The number of alkyl carbamates (subject to hydrolysis) is 1. The van der Waals surface area contributed by atoms with E-state index in [4.69, 9.17) is 9.72 Å². The first-order valence-electron chi connectivity index (χ1n) is 13.6. The maximum Gasteiger partial charge on any atom is 0.407 e. The Morgan fingerprint density at radius 3 is 2.67 bits per heavy atom. The monoisotopic (exact) mass is 592 g/mol. The van der Waals surface area contributed by atoms with E-state index < -0.39 is 6.09 Å². The van der Waals surface area contributed by atoms with Crippen LogP contribution in [0.25, 0.3) is 17.8 Å². The molecule has 0 aliphatic carbocycles. The maximum absolute atomic E-state index is 13.7. The molecule has 0 atom stereocenters. The lowest BCUT2D eigenvalue weighted by molar-refractivity contribution is 0.0835. The summed E-state index contributed by atoms with van der Waals surface area (Å²) in [6.45, 7) is 9.51. The number of H-pyrrole nitrogens is 1. The summed E-state index contributed by atoms with van der Waals surface area (Å²) >= 11 is 1.36. The number of rotatable bonds is 7. The number of fused-ring (bicyclic) bond motifs is 1. The summed E-state index contributed by atoms with van der Waals surface area (Å²) in [6, 6.07) is 3.15. The number of ether oxygens (including phenoxy) is 1. The number of thiazole rings is 1. The van der Waals surface area contributed by atoms with Crippen LogP contribution in [0.5, 0.6) is 0 Å². The number of pyridine rings is 1. The maximum atomic E-state index is 13.7. The summed E-state index contributed by atoms with van der Waals surface area (Å²) < 4.78 is 6.89. The number of tetrazole rings is 1. The predicted octanol–water partition coefficient (Wildman–Crippen LogP) is 3.10. The second kappa shape index (κ2) is 12.1. The van der Waals surface area contributed by atoms with Gasteiger partial charge in [0.25, 0.3) is 11.5 Å². The first kappa shape index (κ1) is 28.9. The molecule has 0 saturated carbocycles. The molecule has 14 nitrogen and oxygen atoms in total. The average molecular weight is 593 g/mol. The van der Waals surface area contributed by atoms with Crippen molar-refractivity contribution in [1.82, 2.24) is 40.3 Å². The largest absolute Gasteiger partial charge is 0.446 e. The van der Waals surface area contributed by atoms with Gasteiger partial charge >= 0.3 is 6.09 Å². The summed E-state index contributed by atoms with van der Waals surface area (Å²) in [5, 5.41) is 21.7. The number of piperidine rings is 1. The number of nitrogens with zero attached hydrogens (tertiary/aromatic N) is 7. The van der Waals surface area contributed by atoms with E-state index in [-0.39, 0.29) is 23.0 Å². The van der Waals surface area contributed by atoms with Crippen molar-refractivity contribution < 1.29 is 14.3 Å². The van der Waals surface area contributed by atoms with Crippen LogP contribution in [0.1, 0.15) is 68.0 Å². The highest BCUT2D eigenvalue weighted by molar-refractivity contribution is 7.14. The Hall–Kier alpha value is -4.66. The molecular formula is C27H32N10O4S. The molecule has 4 aromatic heterocycles. The molecule has 5 rings (SSSR count). The van der Waals surface area contributed by atoms with Gasteiger partial charge < -0.3 is 15.0 Å². The van der Waals surface area contributed by atoms with Crippen molar-refractivity contribution in [3.05, 3.63) is 56.7 Å². The van der Waals surface area contributed by atoms with Crippen LogP contribution >= 0.6 is 11.3 Å². The van der Waals surface area contributed by atoms with Crippen LogP contribution < -0.4 is 21.1 Å². The molecule has 4 aromatic rings. The second-order valence-electron chi connectivity index (χ2n) is 10.8. The molecule has 1 fully saturated rings. The minimum atomic E-state index is -0.444. The SMILES string of the molecule is CCNC(=O)OC1CCN(c2nc3cc(C(=O)Nc4nc(C(C)(C)C)cs4)ccn3c(=O)c2C=Cc2nn[nH]n2)CC1. The normalized spacial score (nSPS) is 14.4. The molecule has 1 aliphatic heterocycles. The van der Waals surface area contributed by atoms with E-state index in [1.165, 1.54) is 21.9 Å². The van der Waals surface area contributed by atoms with E-state index in [0.29, 0.717) is 66.0 Å². The minimum Gasteiger partial charge on any atom is -0.446 e. The van der Waals surface area contributed by atoms with Crippen molar-refractivity contribution in [2.75, 3.05) is 29.9 Å². The predicted molar refractivity (Wildman–Crippen MR) is 159 cm³/mol. The van der Waals surface area contributed by atoms with Crippen LogP contribution in [-0.4, -0.2) is 72.7 Å². The molecule has 42 heavy (non-hydrogen) atoms. The minimum absolute atomic E-state index is 0.137. The molecule has 2 amide bonds. The van der Waals surface area contributed by atoms with Crippen molar-refractivity contribution in [2.45, 2.75) is 52.1 Å². The van der Waals surface area contributed by atoms with Gasteiger partial charge in [0.15, 0.2) is 11.0 Å². The molecule has 15 heteroatoms. The number of carbonyl (C=O) groups is 2. The van der Waals surface area contributed by atoms with Gasteiger partial charge in [-0.25, -0.2) is 14.8 Å². The fraction of sp³-hybridized carbons (Fsp3) is 0.407. The van der Waals surface area contributed by atoms with Crippen molar-refractivity contribution in [3.63, 3.8) is 0 Å². The van der Waals surface area contributed by atoms with Gasteiger partial charge in [-0.05, 0) is 36.4 Å². The Balaban J connectivity index is 1.45. The number of carbonyl (C=O) groups excluding carboxylic acids is 2. The molecule has 5 heterocycles. The highest BCUT2D eigenvalue weighted by Crippen LogP contribution is 2.27. The first-order chi connectivity index (χ1) is 20.1. The number of nitrogens with one attached hydrogen (secondary N) is 3. The van der Waals surface area contributed by atoms with Crippen molar-refractivity contribution in [1.29, 1.82) is 0 Å². The number of aromatic amines is 1. The van der Waals surface area contributed by atoms with Crippen LogP contribution in [0.4, 0.5) is 15.7 Å². The zero-order valence-electron chi connectivity index (χ0n) is 23.7. The van der Waals surface area contributed by atoms with Gasteiger partial charge in [0.1, 0.15) is 17.6 Å². The quantitative estimate of drug-likeness (QED) is 0.289. The lowest BCUT2D eigenvalue weighted by Gasteiger charge is -2.33. The summed E-state index contributed by atoms with van der Waals surface area (Å²) in [7, 11) is 0. The van der Waals surface area contributed by atoms with E-state index in [0.717, 1.165) is 5.69 Å². The number of hydrogen-bond donors (Lipinski definition) is 3. The van der Waals surface area contributed by atoms with Crippen molar-refractivity contribution in [2.24, 2.45) is 0 Å². The standard InChI is InChI=1S/C27H32N10O4S/c1-5-28-26(40)41-17-9-11-36(12-10-17)22-18(6-7-20-32-34-35-33-20)24(39)37-13-8-16(14-21(37)30-22)23(38)31-25-29-19(15-42-25)27(2,3)4/h6-8,13-15,17H,5,9-12H2,1-4H3,(H,28,40)(H,29,31,38)(H,32,33,34,35). The number of hydrogen-bond acceptors (Lipinski definition) is 11. The molecule has 0 radical (unpaired) electrons. The molecule has 220 valence electrons. The zero-order valence-corrected chi connectivity index (χ0v) is 24.6. The fourth-order valence-corrected chi connectivity index (χ4v) is 5.37. The van der Waals surface area contributed by atoms with Gasteiger partial charge in [-0.3, -0.25) is 19.3 Å².